The second-order valence-corrected chi connectivity index (χ2v) is 3.33. The van der Waals surface area contributed by atoms with Crippen molar-refractivity contribution in [3.05, 3.63) is 35.4 Å². The predicted molar refractivity (Wildman–Crippen MR) is 59.8 cm³/mol. The van der Waals surface area contributed by atoms with Gasteiger partial charge in [-0.2, -0.15) is 0 Å². The molecule has 0 amide bonds. The van der Waals surface area contributed by atoms with E-state index < -0.39 is 0 Å². The van der Waals surface area contributed by atoms with Gasteiger partial charge in [-0.15, -0.1) is 0 Å². The lowest BCUT2D eigenvalue weighted by Crippen LogP contribution is -2.11. The summed E-state index contributed by atoms with van der Waals surface area (Å²) in [6.07, 6.45) is 1.54. The van der Waals surface area contributed by atoms with Crippen molar-refractivity contribution in [1.82, 2.24) is 0 Å². The van der Waals surface area contributed by atoms with Crippen molar-refractivity contribution in [2.24, 2.45) is 5.73 Å². The first-order chi connectivity index (χ1) is 7.29. The van der Waals surface area contributed by atoms with Crippen molar-refractivity contribution in [2.45, 2.75) is 19.8 Å². The zero-order valence-corrected chi connectivity index (χ0v) is 9.03. The van der Waals surface area contributed by atoms with Gasteiger partial charge in [0.15, 0.2) is 0 Å². The highest BCUT2D eigenvalue weighted by molar-refractivity contribution is 5.91. The summed E-state index contributed by atoms with van der Waals surface area (Å²) in [6.45, 7) is 2.98. The largest absolute Gasteiger partial charge is 0.462 e. The summed E-state index contributed by atoms with van der Waals surface area (Å²) in [7, 11) is 0. The maximum absolute atomic E-state index is 11.6. The minimum absolute atomic E-state index is 0.249. The van der Waals surface area contributed by atoms with Gasteiger partial charge < -0.3 is 10.5 Å². The number of carbonyl (C=O) groups is 1. The third kappa shape index (κ3) is 3.36. The third-order valence-electron chi connectivity index (χ3n) is 2.09. The van der Waals surface area contributed by atoms with Crippen molar-refractivity contribution in [3.63, 3.8) is 0 Å². The van der Waals surface area contributed by atoms with Crippen LogP contribution in [0.1, 0.15) is 29.3 Å². The third-order valence-corrected chi connectivity index (χ3v) is 2.09. The summed E-state index contributed by atoms with van der Waals surface area (Å²) < 4.78 is 5.08. The first-order valence-corrected chi connectivity index (χ1v) is 5.24. The van der Waals surface area contributed by atoms with Crippen LogP contribution in [0.5, 0.6) is 0 Å². The van der Waals surface area contributed by atoms with E-state index in [1.165, 1.54) is 0 Å². The average Bonchev–Trinajstić information content (AvgIpc) is 2.27. The molecule has 3 heteroatoms. The molecule has 0 atom stereocenters. The van der Waals surface area contributed by atoms with Crippen molar-refractivity contribution in [3.8, 4) is 0 Å². The van der Waals surface area contributed by atoms with Gasteiger partial charge in [0.2, 0.25) is 0 Å². The summed E-state index contributed by atoms with van der Waals surface area (Å²) in [5, 5.41) is 0. The quantitative estimate of drug-likeness (QED) is 0.748. The molecule has 82 valence electrons. The van der Waals surface area contributed by atoms with E-state index in [1.54, 1.807) is 6.07 Å². The van der Waals surface area contributed by atoms with Crippen molar-refractivity contribution < 1.29 is 9.53 Å². The Morgan fingerprint density at radius 2 is 2.13 bits per heavy atom. The van der Waals surface area contributed by atoms with Gasteiger partial charge in [-0.05, 0) is 31.0 Å². The van der Waals surface area contributed by atoms with Gasteiger partial charge in [0, 0.05) is 0 Å². The van der Waals surface area contributed by atoms with E-state index in [4.69, 9.17) is 10.5 Å². The first kappa shape index (κ1) is 11.7. The number of benzene rings is 1. The van der Waals surface area contributed by atoms with Crippen LogP contribution in [-0.2, 0) is 11.2 Å². The maximum Gasteiger partial charge on any atom is 0.338 e. The number of esters is 1. The fourth-order valence-electron chi connectivity index (χ4n) is 1.37. The summed E-state index contributed by atoms with van der Waals surface area (Å²) in [4.78, 5) is 11.6. The van der Waals surface area contributed by atoms with E-state index in [-0.39, 0.29) is 5.97 Å². The normalized spacial score (nSPS) is 10.0. The SMILES string of the molecule is CCCOC(=O)c1ccccc1CCN. The molecule has 0 aliphatic carbocycles. The lowest BCUT2D eigenvalue weighted by atomic mass is 10.1. The summed E-state index contributed by atoms with van der Waals surface area (Å²) in [6, 6.07) is 7.43. The number of carbonyl (C=O) groups excluding carboxylic acids is 1. The van der Waals surface area contributed by atoms with Crippen LogP contribution in [0.3, 0.4) is 0 Å². The highest BCUT2D eigenvalue weighted by Crippen LogP contribution is 2.10. The van der Waals surface area contributed by atoms with Gasteiger partial charge in [0.1, 0.15) is 0 Å². The summed E-state index contributed by atoms with van der Waals surface area (Å²) in [5.41, 5.74) is 7.07. The molecule has 1 aromatic rings. The zero-order valence-electron chi connectivity index (χ0n) is 9.03. The predicted octanol–water partition coefficient (Wildman–Crippen LogP) is 1.75. The fraction of sp³-hybridized carbons (Fsp3) is 0.417. The molecule has 3 nitrogen and oxygen atoms in total. The number of hydrogen-bond donors (Lipinski definition) is 1. The molecule has 15 heavy (non-hydrogen) atoms. The van der Waals surface area contributed by atoms with Crippen LogP contribution in [0.4, 0.5) is 0 Å². The van der Waals surface area contributed by atoms with E-state index >= 15 is 0 Å². The second-order valence-electron chi connectivity index (χ2n) is 3.33. The monoisotopic (exact) mass is 207 g/mol. The van der Waals surface area contributed by atoms with Gasteiger partial charge in [-0.3, -0.25) is 0 Å². The highest BCUT2D eigenvalue weighted by atomic mass is 16.5. The molecule has 2 N–H and O–H groups in total. The summed E-state index contributed by atoms with van der Waals surface area (Å²) >= 11 is 0. The van der Waals surface area contributed by atoms with Crippen LogP contribution >= 0.6 is 0 Å². The Hall–Kier alpha value is -1.35. The summed E-state index contributed by atoms with van der Waals surface area (Å²) in [5.74, 6) is -0.249. The fourth-order valence-corrected chi connectivity index (χ4v) is 1.37. The van der Waals surface area contributed by atoms with Crippen LogP contribution in [0, 0.1) is 0 Å². The van der Waals surface area contributed by atoms with Crippen molar-refractivity contribution >= 4 is 5.97 Å². The van der Waals surface area contributed by atoms with Gasteiger partial charge in [0.25, 0.3) is 0 Å². The molecule has 0 aliphatic heterocycles. The Kier molecular flexibility index (Phi) is 4.84. The van der Waals surface area contributed by atoms with E-state index in [9.17, 15) is 4.79 Å². The Labute approximate surface area is 90.2 Å². The Bertz CT molecular complexity index is 323. The van der Waals surface area contributed by atoms with Gasteiger partial charge >= 0.3 is 5.97 Å². The lowest BCUT2D eigenvalue weighted by Gasteiger charge is -2.07. The molecule has 0 heterocycles. The maximum atomic E-state index is 11.6. The number of rotatable bonds is 5. The molecule has 0 unspecified atom stereocenters. The molecule has 0 radical (unpaired) electrons. The molecule has 0 aliphatic rings. The number of ether oxygens (including phenoxy) is 1. The van der Waals surface area contributed by atoms with Crippen LogP contribution in [0.2, 0.25) is 0 Å². The smallest absolute Gasteiger partial charge is 0.338 e. The lowest BCUT2D eigenvalue weighted by molar-refractivity contribution is 0.0504. The second kappa shape index (κ2) is 6.19. The first-order valence-electron chi connectivity index (χ1n) is 5.24. The zero-order chi connectivity index (χ0) is 11.1. The molecule has 0 bridgehead atoms. The minimum Gasteiger partial charge on any atom is -0.462 e. The molecule has 1 rings (SSSR count). The molecule has 0 spiro atoms. The topological polar surface area (TPSA) is 52.3 Å². The molecular formula is C12H17NO2. The van der Waals surface area contributed by atoms with Crippen LogP contribution in [0.15, 0.2) is 24.3 Å². The number of nitrogens with two attached hydrogens (primary N) is 1. The number of hydrogen-bond acceptors (Lipinski definition) is 3. The Balaban J connectivity index is 2.77. The van der Waals surface area contributed by atoms with Gasteiger partial charge in [-0.1, -0.05) is 25.1 Å². The molecule has 1 aromatic carbocycles. The van der Waals surface area contributed by atoms with E-state index in [1.807, 2.05) is 25.1 Å². The highest BCUT2D eigenvalue weighted by Gasteiger charge is 2.10. The molecule has 0 saturated carbocycles. The van der Waals surface area contributed by atoms with Gasteiger partial charge in [0.05, 0.1) is 12.2 Å². The van der Waals surface area contributed by atoms with Crippen molar-refractivity contribution in [1.29, 1.82) is 0 Å². The van der Waals surface area contributed by atoms with Crippen LogP contribution in [-0.4, -0.2) is 19.1 Å². The Morgan fingerprint density at radius 1 is 1.40 bits per heavy atom. The van der Waals surface area contributed by atoms with E-state index in [2.05, 4.69) is 0 Å². The minimum atomic E-state index is -0.249. The molecule has 0 fully saturated rings. The van der Waals surface area contributed by atoms with Crippen molar-refractivity contribution in [2.75, 3.05) is 13.2 Å². The van der Waals surface area contributed by atoms with E-state index in [0.29, 0.717) is 25.1 Å². The van der Waals surface area contributed by atoms with E-state index in [0.717, 1.165) is 12.0 Å². The molecule has 0 saturated heterocycles. The molecular weight excluding hydrogens is 190 g/mol. The van der Waals surface area contributed by atoms with Crippen LogP contribution in [0.25, 0.3) is 0 Å². The van der Waals surface area contributed by atoms with Crippen LogP contribution < -0.4 is 5.73 Å². The molecule has 0 aromatic heterocycles. The Morgan fingerprint density at radius 3 is 2.80 bits per heavy atom. The standard InChI is InChI=1S/C12H17NO2/c1-2-9-15-12(14)11-6-4-3-5-10(11)7-8-13/h3-6H,2,7-9,13H2,1H3. The average molecular weight is 207 g/mol. The van der Waals surface area contributed by atoms with Gasteiger partial charge in [-0.25, -0.2) is 4.79 Å².